The number of benzene rings is 3. The van der Waals surface area contributed by atoms with Crippen LogP contribution in [0.2, 0.25) is 0 Å². The second-order valence-electron chi connectivity index (χ2n) is 6.57. The molecule has 0 heterocycles. The predicted octanol–water partition coefficient (Wildman–Crippen LogP) is 5.49. The molecule has 0 aliphatic heterocycles. The Morgan fingerprint density at radius 2 is 1.54 bits per heavy atom. The highest BCUT2D eigenvalue weighted by molar-refractivity contribution is 5.48. The highest BCUT2D eigenvalue weighted by Gasteiger charge is 2.05. The van der Waals surface area contributed by atoms with E-state index >= 15 is 0 Å². The zero-order valence-corrected chi connectivity index (χ0v) is 15.7. The number of nitrogens with zero attached hydrogens (tertiary/aromatic N) is 1. The van der Waals surface area contributed by atoms with Crippen LogP contribution < -0.4 is 9.64 Å². The summed E-state index contributed by atoms with van der Waals surface area (Å²) < 4.78 is 5.95. The normalized spacial score (nSPS) is 10.5. The lowest BCUT2D eigenvalue weighted by atomic mass is 10.1. The summed E-state index contributed by atoms with van der Waals surface area (Å²) in [4.78, 5) is 2.34. The quantitative estimate of drug-likeness (QED) is 0.535. The standard InChI is InChI=1S/C24H27NO/c1-3-25(23-11-7-8-20(2)18-23)16-17-26-24-14-12-22(13-15-24)19-21-9-5-4-6-10-21/h4-15,18H,3,16-17,19H2,1-2H3. The van der Waals surface area contributed by atoms with Gasteiger partial charge in [-0.05, 0) is 61.2 Å². The van der Waals surface area contributed by atoms with Crippen LogP contribution in [0.4, 0.5) is 5.69 Å². The number of hydrogen-bond donors (Lipinski definition) is 0. The predicted molar refractivity (Wildman–Crippen MR) is 110 cm³/mol. The van der Waals surface area contributed by atoms with E-state index in [1.165, 1.54) is 22.4 Å². The van der Waals surface area contributed by atoms with Gasteiger partial charge in [-0.3, -0.25) is 0 Å². The molecule has 0 bridgehead atoms. The lowest BCUT2D eigenvalue weighted by Crippen LogP contribution is -2.28. The first-order valence-electron chi connectivity index (χ1n) is 9.32. The SMILES string of the molecule is CCN(CCOc1ccc(Cc2ccccc2)cc1)c1cccc(C)c1. The maximum atomic E-state index is 5.95. The molecule has 134 valence electrons. The molecule has 0 aromatic heterocycles. The van der Waals surface area contributed by atoms with Crippen LogP contribution in [0.1, 0.15) is 23.6 Å². The topological polar surface area (TPSA) is 12.5 Å². The maximum Gasteiger partial charge on any atom is 0.119 e. The van der Waals surface area contributed by atoms with E-state index in [1.54, 1.807) is 0 Å². The van der Waals surface area contributed by atoms with E-state index in [4.69, 9.17) is 4.74 Å². The van der Waals surface area contributed by atoms with Crippen LogP contribution >= 0.6 is 0 Å². The molecule has 0 N–H and O–H groups in total. The van der Waals surface area contributed by atoms with Crippen LogP contribution in [-0.4, -0.2) is 19.7 Å². The Kier molecular flexibility index (Phi) is 6.32. The zero-order chi connectivity index (χ0) is 18.2. The highest BCUT2D eigenvalue weighted by Crippen LogP contribution is 2.17. The Labute approximate surface area is 157 Å². The molecule has 0 fully saturated rings. The van der Waals surface area contributed by atoms with Gasteiger partial charge in [0.05, 0.1) is 6.54 Å². The van der Waals surface area contributed by atoms with E-state index in [-0.39, 0.29) is 0 Å². The molecule has 3 aromatic rings. The largest absolute Gasteiger partial charge is 0.492 e. The van der Waals surface area contributed by atoms with E-state index in [9.17, 15) is 0 Å². The molecule has 3 aromatic carbocycles. The van der Waals surface area contributed by atoms with Gasteiger partial charge in [0.15, 0.2) is 0 Å². The smallest absolute Gasteiger partial charge is 0.119 e. The van der Waals surface area contributed by atoms with Gasteiger partial charge in [0.25, 0.3) is 0 Å². The summed E-state index contributed by atoms with van der Waals surface area (Å²) in [6.45, 7) is 6.85. The molecule has 26 heavy (non-hydrogen) atoms. The van der Waals surface area contributed by atoms with Crippen LogP contribution in [0.3, 0.4) is 0 Å². The van der Waals surface area contributed by atoms with Gasteiger partial charge in [-0.1, -0.05) is 54.6 Å². The second kappa shape index (κ2) is 9.10. The van der Waals surface area contributed by atoms with E-state index in [1.807, 2.05) is 0 Å². The van der Waals surface area contributed by atoms with Gasteiger partial charge in [-0.2, -0.15) is 0 Å². The average molecular weight is 345 g/mol. The Balaban J connectivity index is 1.51. The van der Waals surface area contributed by atoms with Crippen LogP contribution in [0, 0.1) is 6.92 Å². The minimum Gasteiger partial charge on any atom is -0.492 e. The minimum absolute atomic E-state index is 0.680. The monoisotopic (exact) mass is 345 g/mol. The Morgan fingerprint density at radius 3 is 2.23 bits per heavy atom. The molecular formula is C24H27NO. The minimum atomic E-state index is 0.680. The summed E-state index contributed by atoms with van der Waals surface area (Å²) in [7, 11) is 0. The van der Waals surface area contributed by atoms with Crippen molar-refractivity contribution in [2.75, 3.05) is 24.6 Å². The van der Waals surface area contributed by atoms with Gasteiger partial charge in [0, 0.05) is 12.2 Å². The van der Waals surface area contributed by atoms with Gasteiger partial charge < -0.3 is 9.64 Å². The first kappa shape index (κ1) is 18.1. The number of aryl methyl sites for hydroxylation is 1. The van der Waals surface area contributed by atoms with Gasteiger partial charge in [0.1, 0.15) is 12.4 Å². The van der Waals surface area contributed by atoms with Crippen LogP contribution in [0.5, 0.6) is 5.75 Å². The van der Waals surface area contributed by atoms with Crippen molar-refractivity contribution >= 4 is 5.69 Å². The third-order valence-corrected chi connectivity index (χ3v) is 4.55. The van der Waals surface area contributed by atoms with Crippen molar-refractivity contribution in [3.8, 4) is 5.75 Å². The lowest BCUT2D eigenvalue weighted by molar-refractivity contribution is 0.324. The van der Waals surface area contributed by atoms with E-state index in [2.05, 4.69) is 97.6 Å². The number of hydrogen-bond acceptors (Lipinski definition) is 2. The van der Waals surface area contributed by atoms with Crippen molar-refractivity contribution in [3.63, 3.8) is 0 Å². The van der Waals surface area contributed by atoms with Crippen LogP contribution in [0.15, 0.2) is 78.9 Å². The van der Waals surface area contributed by atoms with Crippen molar-refractivity contribution < 1.29 is 4.74 Å². The number of rotatable bonds is 8. The van der Waals surface area contributed by atoms with Crippen molar-refractivity contribution in [2.45, 2.75) is 20.3 Å². The molecule has 0 amide bonds. The molecule has 0 saturated carbocycles. The number of likely N-dealkylation sites (N-methyl/N-ethyl adjacent to an activating group) is 1. The molecule has 0 unspecified atom stereocenters. The third-order valence-electron chi connectivity index (χ3n) is 4.55. The molecule has 2 heteroatoms. The number of anilines is 1. The first-order chi connectivity index (χ1) is 12.7. The fourth-order valence-corrected chi connectivity index (χ4v) is 3.10. The van der Waals surface area contributed by atoms with E-state index < -0.39 is 0 Å². The van der Waals surface area contributed by atoms with Crippen molar-refractivity contribution in [1.82, 2.24) is 0 Å². The summed E-state index contributed by atoms with van der Waals surface area (Å²) >= 11 is 0. The Bertz CT molecular complexity index is 796. The average Bonchev–Trinajstić information content (AvgIpc) is 2.67. The molecular weight excluding hydrogens is 318 g/mol. The van der Waals surface area contributed by atoms with Crippen LogP contribution in [0.25, 0.3) is 0 Å². The lowest BCUT2D eigenvalue weighted by Gasteiger charge is -2.23. The Hall–Kier alpha value is -2.74. The van der Waals surface area contributed by atoms with Crippen molar-refractivity contribution in [1.29, 1.82) is 0 Å². The highest BCUT2D eigenvalue weighted by atomic mass is 16.5. The van der Waals surface area contributed by atoms with Gasteiger partial charge in [0.2, 0.25) is 0 Å². The third kappa shape index (κ3) is 5.13. The van der Waals surface area contributed by atoms with E-state index in [0.717, 1.165) is 25.3 Å². The van der Waals surface area contributed by atoms with Gasteiger partial charge >= 0.3 is 0 Å². The van der Waals surface area contributed by atoms with Crippen molar-refractivity contribution in [3.05, 3.63) is 95.6 Å². The molecule has 0 spiro atoms. The van der Waals surface area contributed by atoms with Crippen molar-refractivity contribution in [2.24, 2.45) is 0 Å². The molecule has 0 aliphatic carbocycles. The summed E-state index contributed by atoms with van der Waals surface area (Å²) in [6.07, 6.45) is 0.956. The summed E-state index contributed by atoms with van der Waals surface area (Å²) in [5, 5.41) is 0. The Morgan fingerprint density at radius 1 is 0.808 bits per heavy atom. The molecule has 0 saturated heterocycles. The molecule has 0 aliphatic rings. The summed E-state index contributed by atoms with van der Waals surface area (Å²) in [5.41, 5.74) is 5.18. The number of ether oxygens (including phenoxy) is 1. The van der Waals surface area contributed by atoms with Gasteiger partial charge in [-0.15, -0.1) is 0 Å². The summed E-state index contributed by atoms with van der Waals surface area (Å²) in [6, 6.07) is 27.6. The first-order valence-corrected chi connectivity index (χ1v) is 9.32. The van der Waals surface area contributed by atoms with Gasteiger partial charge in [-0.25, -0.2) is 0 Å². The maximum absolute atomic E-state index is 5.95. The second-order valence-corrected chi connectivity index (χ2v) is 6.57. The fraction of sp³-hybridized carbons (Fsp3) is 0.250. The summed E-state index contributed by atoms with van der Waals surface area (Å²) in [5.74, 6) is 0.933. The molecule has 2 nitrogen and oxygen atoms in total. The zero-order valence-electron chi connectivity index (χ0n) is 15.7. The molecule has 3 rings (SSSR count). The van der Waals surface area contributed by atoms with E-state index in [0.29, 0.717) is 6.61 Å². The fourth-order valence-electron chi connectivity index (χ4n) is 3.10. The molecule has 0 atom stereocenters. The molecule has 0 radical (unpaired) electrons. The van der Waals surface area contributed by atoms with Crippen LogP contribution in [-0.2, 0) is 6.42 Å².